The van der Waals surface area contributed by atoms with Crippen LogP contribution < -0.4 is 0 Å². The van der Waals surface area contributed by atoms with Crippen molar-refractivity contribution in [2.24, 2.45) is 0 Å². The van der Waals surface area contributed by atoms with Gasteiger partial charge < -0.3 is 4.90 Å². The fourth-order valence-corrected chi connectivity index (χ4v) is 3.30. The third kappa shape index (κ3) is 3.92. The third-order valence-electron chi connectivity index (χ3n) is 3.52. The minimum atomic E-state index is 0.531. The van der Waals surface area contributed by atoms with E-state index in [4.69, 9.17) is 11.6 Å². The van der Waals surface area contributed by atoms with Gasteiger partial charge in [0.05, 0.1) is 16.6 Å². The van der Waals surface area contributed by atoms with Crippen molar-refractivity contribution >= 4 is 22.9 Å². The number of thiazole rings is 1. The lowest BCUT2D eigenvalue weighted by molar-refractivity contribution is 0.109. The van der Waals surface area contributed by atoms with Crippen molar-refractivity contribution < 1.29 is 0 Å². The Labute approximate surface area is 119 Å². The van der Waals surface area contributed by atoms with Crippen LogP contribution in [0.2, 0.25) is 0 Å². The highest BCUT2D eigenvalue weighted by Crippen LogP contribution is 2.13. The average Bonchev–Trinajstić information content (AvgIpc) is 2.85. The van der Waals surface area contributed by atoms with Gasteiger partial charge >= 0.3 is 0 Å². The fourth-order valence-electron chi connectivity index (χ4n) is 2.28. The molecule has 1 aromatic heterocycles. The summed E-state index contributed by atoms with van der Waals surface area (Å²) < 4.78 is 0. The predicted molar refractivity (Wildman–Crippen MR) is 78.5 cm³/mol. The quantitative estimate of drug-likeness (QED) is 0.776. The molecule has 0 saturated carbocycles. The van der Waals surface area contributed by atoms with Crippen molar-refractivity contribution in [1.29, 1.82) is 0 Å². The molecule has 2 heterocycles. The van der Waals surface area contributed by atoms with Crippen LogP contribution in [-0.4, -0.2) is 53.5 Å². The van der Waals surface area contributed by atoms with Gasteiger partial charge in [0.2, 0.25) is 0 Å². The van der Waals surface area contributed by atoms with E-state index in [0.717, 1.165) is 18.7 Å². The second-order valence-electron chi connectivity index (χ2n) is 5.09. The number of alkyl halides is 1. The molecule has 0 atom stereocenters. The molecule has 0 amide bonds. The van der Waals surface area contributed by atoms with Gasteiger partial charge in [0.1, 0.15) is 0 Å². The summed E-state index contributed by atoms with van der Waals surface area (Å²) in [6, 6.07) is 0.678. The molecule has 0 radical (unpaired) electrons. The lowest BCUT2D eigenvalue weighted by atomic mass is 10.2. The average molecular weight is 288 g/mol. The highest BCUT2D eigenvalue weighted by atomic mass is 35.5. The van der Waals surface area contributed by atoms with Gasteiger partial charge in [-0.05, 0) is 13.8 Å². The molecular weight excluding hydrogens is 266 g/mol. The van der Waals surface area contributed by atoms with E-state index in [2.05, 4.69) is 34.0 Å². The second-order valence-corrected chi connectivity index (χ2v) is 6.30. The molecule has 1 aliphatic rings. The van der Waals surface area contributed by atoms with E-state index in [0.29, 0.717) is 11.9 Å². The normalized spacial score (nSPS) is 18.7. The molecule has 0 spiro atoms. The SMILES string of the molecule is CC(C)N1CCN(CCc2nc(CCl)cs2)CC1. The number of aromatic nitrogens is 1. The van der Waals surface area contributed by atoms with E-state index in [1.165, 1.54) is 31.2 Å². The van der Waals surface area contributed by atoms with Crippen LogP contribution in [0, 0.1) is 0 Å². The minimum absolute atomic E-state index is 0.531. The van der Waals surface area contributed by atoms with Crippen LogP contribution in [-0.2, 0) is 12.3 Å². The smallest absolute Gasteiger partial charge is 0.0941 e. The summed E-state index contributed by atoms with van der Waals surface area (Å²) >= 11 is 7.50. The second kappa shape index (κ2) is 6.85. The van der Waals surface area contributed by atoms with E-state index in [1.54, 1.807) is 11.3 Å². The molecule has 0 aromatic carbocycles. The van der Waals surface area contributed by atoms with Gasteiger partial charge in [-0.25, -0.2) is 4.98 Å². The summed E-state index contributed by atoms with van der Waals surface area (Å²) in [5.41, 5.74) is 1.02. The van der Waals surface area contributed by atoms with Crippen molar-refractivity contribution in [3.63, 3.8) is 0 Å². The number of hydrogen-bond donors (Lipinski definition) is 0. The Hall–Kier alpha value is -0.160. The van der Waals surface area contributed by atoms with Crippen LogP contribution in [0.3, 0.4) is 0 Å². The summed E-state index contributed by atoms with van der Waals surface area (Å²) in [7, 11) is 0. The number of hydrogen-bond acceptors (Lipinski definition) is 4. The molecule has 1 aliphatic heterocycles. The minimum Gasteiger partial charge on any atom is -0.300 e. The van der Waals surface area contributed by atoms with E-state index in [9.17, 15) is 0 Å². The summed E-state index contributed by atoms with van der Waals surface area (Å²) in [4.78, 5) is 9.60. The van der Waals surface area contributed by atoms with Crippen LogP contribution in [0.25, 0.3) is 0 Å². The largest absolute Gasteiger partial charge is 0.300 e. The Morgan fingerprint density at radius 3 is 2.61 bits per heavy atom. The van der Waals surface area contributed by atoms with Crippen molar-refractivity contribution in [1.82, 2.24) is 14.8 Å². The Balaban J connectivity index is 1.72. The molecule has 1 saturated heterocycles. The van der Waals surface area contributed by atoms with Gasteiger partial charge in [-0.3, -0.25) is 4.90 Å². The van der Waals surface area contributed by atoms with Crippen molar-refractivity contribution in [2.45, 2.75) is 32.2 Å². The monoisotopic (exact) mass is 287 g/mol. The predicted octanol–water partition coefficient (Wildman–Crippen LogP) is 2.45. The number of piperazine rings is 1. The molecule has 3 nitrogen and oxygen atoms in total. The van der Waals surface area contributed by atoms with Crippen molar-refractivity contribution in [3.05, 3.63) is 16.1 Å². The van der Waals surface area contributed by atoms with E-state index in [-0.39, 0.29) is 0 Å². The van der Waals surface area contributed by atoms with Crippen LogP contribution in [0.1, 0.15) is 24.5 Å². The Morgan fingerprint density at radius 1 is 1.33 bits per heavy atom. The summed E-state index contributed by atoms with van der Waals surface area (Å²) in [6.45, 7) is 10.4. The van der Waals surface area contributed by atoms with Gasteiger partial charge in [0.25, 0.3) is 0 Å². The highest BCUT2D eigenvalue weighted by Gasteiger charge is 2.18. The number of halogens is 1. The molecule has 102 valence electrons. The van der Waals surface area contributed by atoms with Crippen LogP contribution in [0.15, 0.2) is 5.38 Å². The zero-order chi connectivity index (χ0) is 13.0. The first-order valence-corrected chi connectivity index (χ1v) is 8.06. The van der Waals surface area contributed by atoms with Crippen LogP contribution in [0.4, 0.5) is 0 Å². The first-order valence-electron chi connectivity index (χ1n) is 6.64. The number of nitrogens with zero attached hydrogens (tertiary/aromatic N) is 3. The maximum absolute atomic E-state index is 5.76. The molecule has 1 fully saturated rings. The molecule has 1 aromatic rings. The maximum Gasteiger partial charge on any atom is 0.0941 e. The highest BCUT2D eigenvalue weighted by molar-refractivity contribution is 7.09. The van der Waals surface area contributed by atoms with E-state index >= 15 is 0 Å². The zero-order valence-corrected chi connectivity index (χ0v) is 12.8. The van der Waals surface area contributed by atoms with Crippen LogP contribution >= 0.6 is 22.9 Å². The van der Waals surface area contributed by atoms with Gasteiger partial charge in [-0.15, -0.1) is 22.9 Å². The molecular formula is C13H22ClN3S. The Kier molecular flexibility index (Phi) is 5.42. The molecule has 18 heavy (non-hydrogen) atoms. The molecule has 0 N–H and O–H groups in total. The van der Waals surface area contributed by atoms with Crippen molar-refractivity contribution in [3.8, 4) is 0 Å². The summed E-state index contributed by atoms with van der Waals surface area (Å²) in [5, 5.41) is 3.29. The van der Waals surface area contributed by atoms with Crippen LogP contribution in [0.5, 0.6) is 0 Å². The molecule has 2 rings (SSSR count). The lowest BCUT2D eigenvalue weighted by Gasteiger charge is -2.36. The fraction of sp³-hybridized carbons (Fsp3) is 0.769. The van der Waals surface area contributed by atoms with Gasteiger partial charge in [0.15, 0.2) is 0 Å². The standard InChI is InChI=1S/C13H22ClN3S/c1-11(2)17-7-5-16(6-8-17)4-3-13-15-12(9-14)10-18-13/h10-11H,3-9H2,1-2H3. The molecule has 0 unspecified atom stereocenters. The topological polar surface area (TPSA) is 19.4 Å². The molecule has 0 aliphatic carbocycles. The zero-order valence-electron chi connectivity index (χ0n) is 11.2. The van der Waals surface area contributed by atoms with E-state index < -0.39 is 0 Å². The first kappa shape index (κ1) is 14.3. The van der Waals surface area contributed by atoms with Gasteiger partial charge in [0, 0.05) is 50.6 Å². The van der Waals surface area contributed by atoms with Crippen molar-refractivity contribution in [2.75, 3.05) is 32.7 Å². The molecule has 5 heteroatoms. The maximum atomic E-state index is 5.76. The Morgan fingerprint density at radius 2 is 2.06 bits per heavy atom. The number of rotatable bonds is 5. The third-order valence-corrected chi connectivity index (χ3v) is 4.75. The van der Waals surface area contributed by atoms with E-state index in [1.807, 2.05) is 0 Å². The summed E-state index contributed by atoms with van der Waals surface area (Å²) in [6.07, 6.45) is 1.06. The lowest BCUT2D eigenvalue weighted by Crippen LogP contribution is -2.49. The summed E-state index contributed by atoms with van der Waals surface area (Å²) in [5.74, 6) is 0.531. The first-order chi connectivity index (χ1) is 8.69. The van der Waals surface area contributed by atoms with Gasteiger partial charge in [-0.1, -0.05) is 0 Å². The molecule has 0 bridgehead atoms. The van der Waals surface area contributed by atoms with Gasteiger partial charge in [-0.2, -0.15) is 0 Å². The Bertz CT molecular complexity index is 359.